The van der Waals surface area contributed by atoms with Gasteiger partial charge in [-0.15, -0.1) is 0 Å². The maximum absolute atomic E-state index is 5.59. The first-order valence-corrected chi connectivity index (χ1v) is 6.83. The van der Waals surface area contributed by atoms with E-state index in [9.17, 15) is 0 Å². The van der Waals surface area contributed by atoms with Gasteiger partial charge in [-0.1, -0.05) is 0 Å². The van der Waals surface area contributed by atoms with E-state index in [0.29, 0.717) is 6.54 Å². The molecule has 0 saturated heterocycles. The SMILES string of the molecule is COc1ccc(-c2n[nH]cc2CN(C)CCN)c(OC)c1. The van der Waals surface area contributed by atoms with Gasteiger partial charge in [0.05, 0.1) is 14.2 Å². The maximum atomic E-state index is 5.59. The van der Waals surface area contributed by atoms with Crippen molar-refractivity contribution in [3.8, 4) is 22.8 Å². The molecule has 0 amide bonds. The van der Waals surface area contributed by atoms with E-state index in [-0.39, 0.29) is 0 Å². The lowest BCUT2D eigenvalue weighted by molar-refractivity contribution is 0.336. The summed E-state index contributed by atoms with van der Waals surface area (Å²) in [4.78, 5) is 2.16. The van der Waals surface area contributed by atoms with Crippen molar-refractivity contribution in [3.63, 3.8) is 0 Å². The highest BCUT2D eigenvalue weighted by atomic mass is 16.5. The average Bonchev–Trinajstić information content (AvgIpc) is 2.94. The second-order valence-corrected chi connectivity index (χ2v) is 4.85. The molecule has 0 spiro atoms. The Bertz CT molecular complexity index is 583. The lowest BCUT2D eigenvalue weighted by Crippen LogP contribution is -2.25. The molecule has 0 bridgehead atoms. The summed E-state index contributed by atoms with van der Waals surface area (Å²) in [5.74, 6) is 1.50. The first kappa shape index (κ1) is 15.3. The van der Waals surface area contributed by atoms with Crippen LogP contribution in [0.4, 0.5) is 0 Å². The summed E-state index contributed by atoms with van der Waals surface area (Å²) in [6.45, 7) is 2.25. The Balaban J connectivity index is 2.32. The number of nitrogens with two attached hydrogens (primary N) is 1. The molecule has 1 heterocycles. The summed E-state index contributed by atoms with van der Waals surface area (Å²) in [5.41, 5.74) is 8.52. The van der Waals surface area contributed by atoms with Crippen LogP contribution in [0.1, 0.15) is 5.56 Å². The number of nitrogens with one attached hydrogen (secondary N) is 1. The molecule has 0 radical (unpaired) electrons. The number of likely N-dealkylation sites (N-methyl/N-ethyl adjacent to an activating group) is 1. The third-order valence-electron chi connectivity index (χ3n) is 3.33. The lowest BCUT2D eigenvalue weighted by atomic mass is 10.1. The number of benzene rings is 1. The second-order valence-electron chi connectivity index (χ2n) is 4.85. The van der Waals surface area contributed by atoms with Crippen molar-refractivity contribution in [2.24, 2.45) is 5.73 Å². The van der Waals surface area contributed by atoms with E-state index in [0.717, 1.165) is 41.4 Å². The lowest BCUT2D eigenvalue weighted by Gasteiger charge is -2.16. The number of hydrogen-bond acceptors (Lipinski definition) is 5. The van der Waals surface area contributed by atoms with Crippen LogP contribution < -0.4 is 15.2 Å². The van der Waals surface area contributed by atoms with Crippen molar-refractivity contribution in [2.75, 3.05) is 34.4 Å². The van der Waals surface area contributed by atoms with E-state index < -0.39 is 0 Å². The van der Waals surface area contributed by atoms with Crippen LogP contribution in [0.25, 0.3) is 11.3 Å². The largest absolute Gasteiger partial charge is 0.497 e. The molecule has 114 valence electrons. The minimum Gasteiger partial charge on any atom is -0.497 e. The minimum absolute atomic E-state index is 0.634. The number of ether oxygens (including phenoxy) is 2. The van der Waals surface area contributed by atoms with Gasteiger partial charge >= 0.3 is 0 Å². The Labute approximate surface area is 124 Å². The summed E-state index contributed by atoms with van der Waals surface area (Å²) in [5, 5.41) is 7.29. The Morgan fingerprint density at radius 1 is 1.29 bits per heavy atom. The molecule has 2 rings (SSSR count). The van der Waals surface area contributed by atoms with Crippen molar-refractivity contribution in [2.45, 2.75) is 6.54 Å². The summed E-state index contributed by atoms with van der Waals surface area (Å²) in [7, 11) is 5.32. The Morgan fingerprint density at radius 2 is 2.10 bits per heavy atom. The molecule has 21 heavy (non-hydrogen) atoms. The normalized spacial score (nSPS) is 10.9. The number of methoxy groups -OCH3 is 2. The van der Waals surface area contributed by atoms with Gasteiger partial charge in [0.2, 0.25) is 0 Å². The molecule has 0 fully saturated rings. The van der Waals surface area contributed by atoms with Crippen LogP contribution in [-0.4, -0.2) is 49.5 Å². The average molecular weight is 290 g/mol. The van der Waals surface area contributed by atoms with Gasteiger partial charge in [-0.25, -0.2) is 0 Å². The van der Waals surface area contributed by atoms with Gasteiger partial charge in [0.1, 0.15) is 17.2 Å². The van der Waals surface area contributed by atoms with Crippen molar-refractivity contribution < 1.29 is 9.47 Å². The molecule has 1 aromatic carbocycles. The fraction of sp³-hybridized carbons (Fsp3) is 0.400. The number of hydrogen-bond donors (Lipinski definition) is 2. The van der Waals surface area contributed by atoms with E-state index in [4.69, 9.17) is 15.2 Å². The second kappa shape index (κ2) is 7.10. The van der Waals surface area contributed by atoms with Gasteiger partial charge in [0.25, 0.3) is 0 Å². The zero-order valence-electron chi connectivity index (χ0n) is 12.7. The van der Waals surface area contributed by atoms with Crippen LogP contribution in [-0.2, 0) is 6.54 Å². The zero-order valence-corrected chi connectivity index (χ0v) is 12.7. The number of aromatic amines is 1. The number of rotatable bonds is 7. The predicted octanol–water partition coefficient (Wildman–Crippen LogP) is 1.48. The highest BCUT2D eigenvalue weighted by Crippen LogP contribution is 2.34. The highest BCUT2D eigenvalue weighted by Gasteiger charge is 2.15. The fourth-order valence-electron chi connectivity index (χ4n) is 2.25. The van der Waals surface area contributed by atoms with Crippen LogP contribution in [0.15, 0.2) is 24.4 Å². The maximum Gasteiger partial charge on any atom is 0.132 e. The number of nitrogens with zero attached hydrogens (tertiary/aromatic N) is 2. The van der Waals surface area contributed by atoms with Crippen molar-refractivity contribution in [3.05, 3.63) is 30.0 Å². The fourth-order valence-corrected chi connectivity index (χ4v) is 2.25. The summed E-state index contributed by atoms with van der Waals surface area (Å²) in [6.07, 6.45) is 1.91. The van der Waals surface area contributed by atoms with E-state index in [1.54, 1.807) is 14.2 Å². The third kappa shape index (κ3) is 3.53. The van der Waals surface area contributed by atoms with Gasteiger partial charge < -0.3 is 20.1 Å². The van der Waals surface area contributed by atoms with Crippen LogP contribution in [0.2, 0.25) is 0 Å². The van der Waals surface area contributed by atoms with Crippen molar-refractivity contribution >= 4 is 0 Å². The van der Waals surface area contributed by atoms with E-state index in [1.807, 2.05) is 31.4 Å². The van der Waals surface area contributed by atoms with Gasteiger partial charge in [-0.05, 0) is 19.2 Å². The molecule has 6 heteroatoms. The smallest absolute Gasteiger partial charge is 0.132 e. The summed E-state index contributed by atoms with van der Waals surface area (Å²) < 4.78 is 10.7. The number of H-pyrrole nitrogens is 1. The van der Waals surface area contributed by atoms with Gasteiger partial charge in [-0.3, -0.25) is 5.10 Å². The molecule has 0 unspecified atom stereocenters. The highest BCUT2D eigenvalue weighted by molar-refractivity contribution is 5.70. The first-order valence-electron chi connectivity index (χ1n) is 6.83. The molecule has 0 saturated carbocycles. The Kier molecular flexibility index (Phi) is 5.19. The third-order valence-corrected chi connectivity index (χ3v) is 3.33. The van der Waals surface area contributed by atoms with Gasteiger partial charge in [-0.2, -0.15) is 5.10 Å². The first-order chi connectivity index (χ1) is 10.2. The minimum atomic E-state index is 0.634. The molecule has 6 nitrogen and oxygen atoms in total. The molecule has 3 N–H and O–H groups in total. The molecular weight excluding hydrogens is 268 g/mol. The Morgan fingerprint density at radius 3 is 2.76 bits per heavy atom. The Hall–Kier alpha value is -2.05. The predicted molar refractivity (Wildman–Crippen MR) is 82.5 cm³/mol. The van der Waals surface area contributed by atoms with E-state index in [1.165, 1.54) is 0 Å². The van der Waals surface area contributed by atoms with Crippen molar-refractivity contribution in [1.82, 2.24) is 15.1 Å². The van der Waals surface area contributed by atoms with E-state index >= 15 is 0 Å². The van der Waals surface area contributed by atoms with Crippen LogP contribution in [0.5, 0.6) is 11.5 Å². The standard InChI is InChI=1S/C15H22N4O2/c1-19(7-6-16)10-11-9-17-18-15(11)13-5-4-12(20-2)8-14(13)21-3/h4-5,8-9H,6-7,10,16H2,1-3H3,(H,17,18). The van der Waals surface area contributed by atoms with Crippen molar-refractivity contribution in [1.29, 1.82) is 0 Å². The topological polar surface area (TPSA) is 76.4 Å². The monoisotopic (exact) mass is 290 g/mol. The van der Waals surface area contributed by atoms with E-state index in [2.05, 4.69) is 15.1 Å². The molecule has 1 aromatic heterocycles. The molecule has 0 aliphatic heterocycles. The number of aromatic nitrogens is 2. The molecule has 0 aliphatic rings. The van der Waals surface area contributed by atoms with Gasteiger partial charge in [0.15, 0.2) is 0 Å². The zero-order chi connectivity index (χ0) is 15.2. The summed E-state index contributed by atoms with van der Waals surface area (Å²) in [6, 6.07) is 5.72. The summed E-state index contributed by atoms with van der Waals surface area (Å²) >= 11 is 0. The van der Waals surface area contributed by atoms with Crippen LogP contribution >= 0.6 is 0 Å². The molecular formula is C15H22N4O2. The molecule has 2 aromatic rings. The van der Waals surface area contributed by atoms with Crippen LogP contribution in [0, 0.1) is 0 Å². The molecule has 0 aliphatic carbocycles. The van der Waals surface area contributed by atoms with Gasteiger partial charge in [0, 0.05) is 43.0 Å². The molecule has 0 atom stereocenters. The van der Waals surface area contributed by atoms with Crippen LogP contribution in [0.3, 0.4) is 0 Å². The quantitative estimate of drug-likeness (QED) is 0.808.